The quantitative estimate of drug-likeness (QED) is 0.690. The zero-order chi connectivity index (χ0) is 17.5. The maximum Gasteiger partial charge on any atom is 0.248 e. The summed E-state index contributed by atoms with van der Waals surface area (Å²) in [5.41, 5.74) is 1.57. The molecule has 5 heteroatoms. The average molecular weight is 337 g/mol. The van der Waals surface area contributed by atoms with Gasteiger partial charge in [-0.05, 0) is 48.8 Å². The lowest BCUT2D eigenvalue weighted by atomic mass is 9.70. The van der Waals surface area contributed by atoms with E-state index in [1.165, 1.54) is 6.07 Å². The Balaban J connectivity index is 1.85. The Labute approximate surface area is 140 Å². The van der Waals surface area contributed by atoms with Gasteiger partial charge in [0.05, 0.1) is 0 Å². The monoisotopic (exact) mass is 337 g/mol. The van der Waals surface area contributed by atoms with Gasteiger partial charge in [0, 0.05) is 24.5 Å². The molecule has 2 nitrogen and oxygen atoms in total. The van der Waals surface area contributed by atoms with Crippen LogP contribution in [0.3, 0.4) is 0 Å². The van der Waals surface area contributed by atoms with Crippen molar-refractivity contribution in [3.8, 4) is 11.3 Å². The molecule has 1 heterocycles. The van der Waals surface area contributed by atoms with Gasteiger partial charge in [0.15, 0.2) is 0 Å². The van der Waals surface area contributed by atoms with E-state index < -0.39 is 11.7 Å². The fourth-order valence-corrected chi connectivity index (χ4v) is 3.73. The van der Waals surface area contributed by atoms with E-state index >= 15 is 0 Å². The van der Waals surface area contributed by atoms with Crippen LogP contribution >= 0.6 is 0 Å². The van der Waals surface area contributed by atoms with Crippen molar-refractivity contribution < 1.29 is 17.7 Å². The lowest BCUT2D eigenvalue weighted by Crippen LogP contribution is -2.34. The summed E-state index contributed by atoms with van der Waals surface area (Å²) < 4.78 is 47.0. The highest BCUT2D eigenvalue weighted by atomic mass is 19.3. The summed E-state index contributed by atoms with van der Waals surface area (Å²) in [6, 6.07) is 6.59. The number of benzene rings is 1. The first kappa shape index (κ1) is 17.1. The zero-order valence-corrected chi connectivity index (χ0v) is 14.2. The van der Waals surface area contributed by atoms with E-state index in [1.807, 2.05) is 19.9 Å². The van der Waals surface area contributed by atoms with Crippen molar-refractivity contribution in [2.24, 2.45) is 11.8 Å². The van der Waals surface area contributed by atoms with Crippen molar-refractivity contribution in [1.82, 2.24) is 5.16 Å². The second-order valence-corrected chi connectivity index (χ2v) is 7.09. The molecular weight excluding hydrogens is 315 g/mol. The van der Waals surface area contributed by atoms with Crippen LogP contribution < -0.4 is 0 Å². The molecule has 2 unspecified atom stereocenters. The summed E-state index contributed by atoms with van der Waals surface area (Å²) in [7, 11) is 0. The van der Waals surface area contributed by atoms with Gasteiger partial charge in [-0.3, -0.25) is 0 Å². The predicted molar refractivity (Wildman–Crippen MR) is 86.5 cm³/mol. The van der Waals surface area contributed by atoms with Gasteiger partial charge in [-0.2, -0.15) is 0 Å². The molecular formula is C19H22F3NO. The Hall–Kier alpha value is -1.78. The van der Waals surface area contributed by atoms with Crippen molar-refractivity contribution >= 4 is 0 Å². The van der Waals surface area contributed by atoms with Crippen LogP contribution in [0.1, 0.15) is 50.4 Å². The maximum atomic E-state index is 14.5. The standard InChI is InChI=1S/C19H22F3NO/c1-11-6-7-19(21,22)10-16(11)13(3)14-4-5-15(17(20)9-14)18-8-12(2)24-23-18/h4-5,8-9,11,13,16H,6-7,10H2,1-3H3/t11?,13?,16-/m0/s1. The molecule has 3 atom stereocenters. The molecule has 0 aliphatic heterocycles. The summed E-state index contributed by atoms with van der Waals surface area (Å²) in [6.07, 6.45) is 0.345. The molecule has 1 aliphatic rings. The highest BCUT2D eigenvalue weighted by Crippen LogP contribution is 2.46. The van der Waals surface area contributed by atoms with Gasteiger partial charge < -0.3 is 4.52 Å². The van der Waals surface area contributed by atoms with Crippen molar-refractivity contribution in [3.63, 3.8) is 0 Å². The number of rotatable bonds is 3. The molecule has 0 amide bonds. The first-order chi connectivity index (χ1) is 11.3. The molecule has 0 N–H and O–H groups in total. The van der Waals surface area contributed by atoms with Gasteiger partial charge in [-0.1, -0.05) is 25.1 Å². The minimum absolute atomic E-state index is 0.0454. The Morgan fingerprint density at radius 3 is 2.67 bits per heavy atom. The predicted octanol–water partition coefficient (Wildman–Crippen LogP) is 5.96. The molecule has 0 bridgehead atoms. The second-order valence-electron chi connectivity index (χ2n) is 7.09. The molecule has 0 saturated heterocycles. The summed E-state index contributed by atoms with van der Waals surface area (Å²) in [6.45, 7) is 5.67. The van der Waals surface area contributed by atoms with E-state index in [9.17, 15) is 13.2 Å². The number of halogens is 3. The average Bonchev–Trinajstić information content (AvgIpc) is 2.95. The number of hydrogen-bond acceptors (Lipinski definition) is 2. The van der Waals surface area contributed by atoms with Crippen molar-refractivity contribution in [2.75, 3.05) is 0 Å². The fraction of sp³-hybridized carbons (Fsp3) is 0.526. The van der Waals surface area contributed by atoms with Gasteiger partial charge in [-0.25, -0.2) is 13.2 Å². The highest BCUT2D eigenvalue weighted by Gasteiger charge is 2.42. The van der Waals surface area contributed by atoms with Crippen LogP contribution in [0.25, 0.3) is 11.3 Å². The molecule has 3 rings (SSSR count). The number of aromatic nitrogens is 1. The maximum absolute atomic E-state index is 14.5. The van der Waals surface area contributed by atoms with Crippen molar-refractivity contribution in [2.45, 2.75) is 51.9 Å². The summed E-state index contributed by atoms with van der Waals surface area (Å²) in [4.78, 5) is 0. The Morgan fingerprint density at radius 2 is 2.04 bits per heavy atom. The minimum atomic E-state index is -2.61. The van der Waals surface area contributed by atoms with Crippen LogP contribution in [0.4, 0.5) is 13.2 Å². The first-order valence-electron chi connectivity index (χ1n) is 8.38. The fourth-order valence-electron chi connectivity index (χ4n) is 3.73. The lowest BCUT2D eigenvalue weighted by molar-refractivity contribution is -0.0709. The van der Waals surface area contributed by atoms with E-state index in [-0.39, 0.29) is 30.6 Å². The van der Waals surface area contributed by atoms with E-state index in [1.54, 1.807) is 19.1 Å². The second kappa shape index (κ2) is 6.26. The molecule has 130 valence electrons. The molecule has 1 saturated carbocycles. The smallest absolute Gasteiger partial charge is 0.248 e. The van der Waals surface area contributed by atoms with Gasteiger partial charge in [0.25, 0.3) is 0 Å². The normalized spacial score (nSPS) is 24.8. The molecule has 1 fully saturated rings. The SMILES string of the molecule is Cc1cc(-c2ccc(C(C)[C@H]3CC(F)(F)CCC3C)cc2F)no1. The van der Waals surface area contributed by atoms with Crippen LogP contribution in [-0.4, -0.2) is 11.1 Å². The molecule has 0 radical (unpaired) electrons. The molecule has 0 spiro atoms. The number of alkyl halides is 2. The molecule has 1 aliphatic carbocycles. The van der Waals surface area contributed by atoms with Crippen LogP contribution in [0, 0.1) is 24.6 Å². The summed E-state index contributed by atoms with van der Waals surface area (Å²) in [5, 5.41) is 3.83. The number of aryl methyl sites for hydroxylation is 1. The number of nitrogens with zero attached hydrogens (tertiary/aromatic N) is 1. The largest absolute Gasteiger partial charge is 0.361 e. The molecule has 2 aromatic rings. The van der Waals surface area contributed by atoms with Gasteiger partial charge in [-0.15, -0.1) is 0 Å². The zero-order valence-electron chi connectivity index (χ0n) is 14.2. The van der Waals surface area contributed by atoms with Crippen LogP contribution in [0.15, 0.2) is 28.8 Å². The third kappa shape index (κ3) is 3.35. The van der Waals surface area contributed by atoms with Crippen molar-refractivity contribution in [1.29, 1.82) is 0 Å². The van der Waals surface area contributed by atoms with Crippen molar-refractivity contribution in [3.05, 3.63) is 41.4 Å². The van der Waals surface area contributed by atoms with Crippen LogP contribution in [0.2, 0.25) is 0 Å². The third-order valence-corrected chi connectivity index (χ3v) is 5.30. The number of hydrogen-bond donors (Lipinski definition) is 0. The lowest BCUT2D eigenvalue weighted by Gasteiger charge is -2.38. The van der Waals surface area contributed by atoms with Crippen LogP contribution in [0.5, 0.6) is 0 Å². The van der Waals surface area contributed by atoms with E-state index in [4.69, 9.17) is 4.52 Å². The van der Waals surface area contributed by atoms with E-state index in [0.29, 0.717) is 23.4 Å². The van der Waals surface area contributed by atoms with Crippen LogP contribution in [-0.2, 0) is 0 Å². The Kier molecular flexibility index (Phi) is 4.45. The van der Waals surface area contributed by atoms with Gasteiger partial charge in [0.1, 0.15) is 17.3 Å². The molecule has 1 aromatic heterocycles. The Morgan fingerprint density at radius 1 is 1.29 bits per heavy atom. The first-order valence-corrected chi connectivity index (χ1v) is 8.38. The van der Waals surface area contributed by atoms with Gasteiger partial charge >= 0.3 is 0 Å². The summed E-state index contributed by atoms with van der Waals surface area (Å²) in [5.74, 6) is -2.45. The van der Waals surface area contributed by atoms with Gasteiger partial charge in [0.2, 0.25) is 5.92 Å². The third-order valence-electron chi connectivity index (χ3n) is 5.30. The van der Waals surface area contributed by atoms with E-state index in [0.717, 1.165) is 5.56 Å². The minimum Gasteiger partial charge on any atom is -0.361 e. The van der Waals surface area contributed by atoms with E-state index in [2.05, 4.69) is 5.16 Å². The topological polar surface area (TPSA) is 26.0 Å². The molecule has 1 aromatic carbocycles. The molecule has 24 heavy (non-hydrogen) atoms. The summed E-state index contributed by atoms with van der Waals surface area (Å²) >= 11 is 0. The Bertz CT molecular complexity index is 725. The highest BCUT2D eigenvalue weighted by molar-refractivity contribution is 5.60.